The van der Waals surface area contributed by atoms with Gasteiger partial charge in [-0.05, 0) is 31.5 Å². The minimum Gasteiger partial charge on any atom is -0.347 e. The van der Waals surface area contributed by atoms with Gasteiger partial charge in [0.1, 0.15) is 0 Å². The van der Waals surface area contributed by atoms with E-state index in [-0.39, 0.29) is 5.43 Å². The molecule has 2 N–H and O–H groups in total. The van der Waals surface area contributed by atoms with E-state index in [2.05, 4.69) is 4.57 Å². The number of fused-ring (bicyclic) bond motifs is 1. The summed E-state index contributed by atoms with van der Waals surface area (Å²) in [6.45, 7) is 1.64. The number of benzene rings is 1. The van der Waals surface area contributed by atoms with Crippen LogP contribution < -0.4 is 11.2 Å². The van der Waals surface area contributed by atoms with Crippen molar-refractivity contribution in [3.63, 3.8) is 0 Å². The second-order valence-electron chi connectivity index (χ2n) is 3.89. The van der Waals surface area contributed by atoms with Crippen molar-refractivity contribution in [2.75, 3.05) is 6.54 Å². The van der Waals surface area contributed by atoms with Crippen molar-refractivity contribution >= 4 is 10.9 Å². The van der Waals surface area contributed by atoms with Crippen LogP contribution in [-0.4, -0.2) is 11.1 Å². The summed E-state index contributed by atoms with van der Waals surface area (Å²) < 4.78 is 2.12. The maximum atomic E-state index is 11.6. The summed E-state index contributed by atoms with van der Waals surface area (Å²) in [5, 5.41) is 0.790. The third-order valence-corrected chi connectivity index (χ3v) is 2.74. The van der Waals surface area contributed by atoms with Gasteiger partial charge in [0, 0.05) is 24.2 Å². The van der Waals surface area contributed by atoms with Gasteiger partial charge in [0.25, 0.3) is 0 Å². The van der Waals surface area contributed by atoms with Gasteiger partial charge in [-0.25, -0.2) is 0 Å². The second kappa shape index (κ2) is 4.94. The number of aryl methyl sites for hydroxylation is 1. The SMILES string of the molecule is NCCCCn1ccc(=O)c2ccccc21. The van der Waals surface area contributed by atoms with Gasteiger partial charge < -0.3 is 10.3 Å². The molecule has 0 unspecified atom stereocenters. The largest absolute Gasteiger partial charge is 0.347 e. The number of aromatic nitrogens is 1. The zero-order chi connectivity index (χ0) is 11.4. The van der Waals surface area contributed by atoms with E-state index in [1.54, 1.807) is 6.07 Å². The smallest absolute Gasteiger partial charge is 0.189 e. The molecule has 0 saturated heterocycles. The highest BCUT2D eigenvalue weighted by atomic mass is 16.1. The van der Waals surface area contributed by atoms with E-state index < -0.39 is 0 Å². The standard InChI is InChI=1S/C13H16N2O/c14-8-3-4-9-15-10-7-13(16)11-5-1-2-6-12(11)15/h1-2,5-7,10H,3-4,8-9,14H2. The Labute approximate surface area is 94.5 Å². The highest BCUT2D eigenvalue weighted by molar-refractivity contribution is 5.78. The van der Waals surface area contributed by atoms with Crippen LogP contribution in [0.1, 0.15) is 12.8 Å². The number of rotatable bonds is 4. The Balaban J connectivity index is 2.38. The monoisotopic (exact) mass is 216 g/mol. The van der Waals surface area contributed by atoms with Crippen LogP contribution in [0, 0.1) is 0 Å². The number of hydrogen-bond donors (Lipinski definition) is 1. The second-order valence-corrected chi connectivity index (χ2v) is 3.89. The molecule has 16 heavy (non-hydrogen) atoms. The Morgan fingerprint density at radius 3 is 2.75 bits per heavy atom. The van der Waals surface area contributed by atoms with Gasteiger partial charge in [-0.15, -0.1) is 0 Å². The van der Waals surface area contributed by atoms with Crippen molar-refractivity contribution in [3.8, 4) is 0 Å². The molecule has 0 aliphatic carbocycles. The predicted octanol–water partition coefficient (Wildman–Crippen LogP) is 1.74. The molecule has 0 atom stereocenters. The topological polar surface area (TPSA) is 48.0 Å². The molecule has 1 aromatic heterocycles. The lowest BCUT2D eigenvalue weighted by Gasteiger charge is -2.09. The van der Waals surface area contributed by atoms with Crippen molar-refractivity contribution in [1.82, 2.24) is 4.57 Å². The fraction of sp³-hybridized carbons (Fsp3) is 0.308. The summed E-state index contributed by atoms with van der Waals surface area (Å²) in [6.07, 6.45) is 3.92. The van der Waals surface area contributed by atoms with E-state index >= 15 is 0 Å². The highest BCUT2D eigenvalue weighted by Crippen LogP contribution is 2.10. The Hall–Kier alpha value is -1.61. The van der Waals surface area contributed by atoms with Crippen molar-refractivity contribution in [1.29, 1.82) is 0 Å². The van der Waals surface area contributed by atoms with Gasteiger partial charge in [-0.3, -0.25) is 4.79 Å². The molecule has 0 bridgehead atoms. The van der Waals surface area contributed by atoms with Crippen molar-refractivity contribution in [2.24, 2.45) is 5.73 Å². The summed E-state index contributed by atoms with van der Waals surface area (Å²) in [4.78, 5) is 11.6. The van der Waals surface area contributed by atoms with E-state index in [4.69, 9.17) is 5.73 Å². The molecule has 0 amide bonds. The van der Waals surface area contributed by atoms with Crippen LogP contribution in [0.2, 0.25) is 0 Å². The summed E-state index contributed by atoms with van der Waals surface area (Å²) in [5.74, 6) is 0. The number of hydrogen-bond acceptors (Lipinski definition) is 2. The number of nitrogens with zero attached hydrogens (tertiary/aromatic N) is 1. The number of pyridine rings is 1. The molecule has 1 aromatic carbocycles. The Kier molecular flexibility index (Phi) is 3.37. The molecular formula is C13H16N2O. The zero-order valence-corrected chi connectivity index (χ0v) is 9.23. The molecule has 2 rings (SSSR count). The third-order valence-electron chi connectivity index (χ3n) is 2.74. The molecule has 3 heteroatoms. The Morgan fingerprint density at radius 2 is 1.94 bits per heavy atom. The zero-order valence-electron chi connectivity index (χ0n) is 9.23. The molecule has 0 aliphatic heterocycles. The summed E-state index contributed by atoms with van der Waals surface area (Å²) in [6, 6.07) is 9.34. The van der Waals surface area contributed by atoms with Gasteiger partial charge in [-0.1, -0.05) is 12.1 Å². The van der Waals surface area contributed by atoms with Gasteiger partial charge in [0.2, 0.25) is 0 Å². The van der Waals surface area contributed by atoms with Crippen LogP contribution in [0.5, 0.6) is 0 Å². The van der Waals surface area contributed by atoms with Crippen molar-refractivity contribution < 1.29 is 0 Å². The van der Waals surface area contributed by atoms with Crippen molar-refractivity contribution in [3.05, 3.63) is 46.8 Å². The maximum Gasteiger partial charge on any atom is 0.189 e. The van der Waals surface area contributed by atoms with Crippen LogP contribution in [0.3, 0.4) is 0 Å². The van der Waals surface area contributed by atoms with Crippen LogP contribution in [0.25, 0.3) is 10.9 Å². The fourth-order valence-electron chi connectivity index (χ4n) is 1.88. The third kappa shape index (κ3) is 2.14. The minimum absolute atomic E-state index is 0.0886. The molecule has 2 aromatic rings. The average molecular weight is 216 g/mol. The van der Waals surface area contributed by atoms with Gasteiger partial charge in [-0.2, -0.15) is 0 Å². The molecule has 1 heterocycles. The van der Waals surface area contributed by atoms with Crippen LogP contribution in [-0.2, 0) is 6.54 Å². The summed E-state index contributed by atoms with van der Waals surface area (Å²) >= 11 is 0. The van der Waals surface area contributed by atoms with Gasteiger partial charge >= 0.3 is 0 Å². The molecule has 0 saturated carbocycles. The lowest BCUT2D eigenvalue weighted by atomic mass is 10.2. The van der Waals surface area contributed by atoms with E-state index in [0.29, 0.717) is 0 Å². The molecule has 84 valence electrons. The molecule has 0 fully saturated rings. The molecule has 0 radical (unpaired) electrons. The van der Waals surface area contributed by atoms with Gasteiger partial charge in [0.05, 0.1) is 5.52 Å². The molecule has 3 nitrogen and oxygen atoms in total. The fourth-order valence-corrected chi connectivity index (χ4v) is 1.88. The summed E-state index contributed by atoms with van der Waals surface area (Å²) in [7, 11) is 0. The van der Waals surface area contributed by atoms with Crippen molar-refractivity contribution in [2.45, 2.75) is 19.4 Å². The maximum absolute atomic E-state index is 11.6. The highest BCUT2D eigenvalue weighted by Gasteiger charge is 2.00. The van der Waals surface area contributed by atoms with E-state index in [1.807, 2.05) is 30.5 Å². The Bertz CT molecular complexity index is 531. The van der Waals surface area contributed by atoms with Crippen LogP contribution in [0.4, 0.5) is 0 Å². The first-order valence-corrected chi connectivity index (χ1v) is 5.61. The van der Waals surface area contributed by atoms with Crippen LogP contribution >= 0.6 is 0 Å². The van der Waals surface area contributed by atoms with E-state index in [9.17, 15) is 4.79 Å². The first kappa shape index (κ1) is 10.9. The quantitative estimate of drug-likeness (QED) is 0.791. The predicted molar refractivity (Wildman–Crippen MR) is 66.5 cm³/mol. The van der Waals surface area contributed by atoms with E-state index in [0.717, 1.165) is 36.8 Å². The van der Waals surface area contributed by atoms with Gasteiger partial charge in [0.15, 0.2) is 5.43 Å². The lowest BCUT2D eigenvalue weighted by molar-refractivity contribution is 0.627. The average Bonchev–Trinajstić information content (AvgIpc) is 2.33. The van der Waals surface area contributed by atoms with E-state index in [1.165, 1.54) is 0 Å². The first-order chi connectivity index (χ1) is 7.83. The minimum atomic E-state index is 0.0886. The normalized spacial score (nSPS) is 10.8. The lowest BCUT2D eigenvalue weighted by Crippen LogP contribution is -2.09. The molecule has 0 spiro atoms. The summed E-state index contributed by atoms with van der Waals surface area (Å²) in [5.41, 5.74) is 6.57. The molecular weight excluding hydrogens is 200 g/mol. The molecule has 0 aliphatic rings. The Morgan fingerprint density at radius 1 is 1.12 bits per heavy atom. The number of para-hydroxylation sites is 1. The number of nitrogens with two attached hydrogens (primary N) is 1. The number of unbranched alkanes of at least 4 members (excludes halogenated alkanes) is 1. The first-order valence-electron chi connectivity index (χ1n) is 5.61. The van der Waals surface area contributed by atoms with Crippen LogP contribution in [0.15, 0.2) is 41.3 Å².